The Kier molecular flexibility index (Phi) is 8.29. The lowest BCUT2D eigenvalue weighted by Gasteiger charge is -2.13. The van der Waals surface area contributed by atoms with E-state index in [1.54, 1.807) is 24.3 Å². The third-order valence-corrected chi connectivity index (χ3v) is 5.57. The van der Waals surface area contributed by atoms with Gasteiger partial charge in [-0.1, -0.05) is 6.07 Å². The summed E-state index contributed by atoms with van der Waals surface area (Å²) in [6.07, 6.45) is 1.41. The summed E-state index contributed by atoms with van der Waals surface area (Å²) in [6, 6.07) is 7.98. The van der Waals surface area contributed by atoms with E-state index in [4.69, 9.17) is 24.7 Å². The molecule has 0 saturated carbocycles. The van der Waals surface area contributed by atoms with Gasteiger partial charge in [-0.3, -0.25) is 4.79 Å². The fraction of sp³-hybridized carbons (Fsp3) is 0.286. The van der Waals surface area contributed by atoms with Crippen molar-refractivity contribution in [2.75, 3.05) is 40.3 Å². The Morgan fingerprint density at radius 1 is 0.968 bits per heavy atom. The highest BCUT2D eigenvalue weighted by atomic mass is 32.2. The zero-order valence-corrected chi connectivity index (χ0v) is 18.6. The van der Waals surface area contributed by atoms with Crippen LogP contribution in [0.5, 0.6) is 23.0 Å². The van der Waals surface area contributed by atoms with Crippen molar-refractivity contribution in [3.63, 3.8) is 0 Å². The number of anilines is 1. The number of hydrogen-bond donors (Lipinski definition) is 2. The standard InChI is InChI=1S/C21H26N2O7S/c1-27-15-10-19(29-3)16(20(11-15)30-4)7-8-31(25,26)13-14-5-6-18(28-2)17(9-14)23-21(24)12-22/h5-11H,12-13,22H2,1-4H3,(H,23,24)/b8-7+. The quantitative estimate of drug-likeness (QED) is 0.564. The minimum Gasteiger partial charge on any atom is -0.496 e. The van der Waals surface area contributed by atoms with Crippen LogP contribution in [-0.4, -0.2) is 49.3 Å². The molecule has 2 rings (SSSR count). The molecule has 2 aromatic carbocycles. The van der Waals surface area contributed by atoms with Crippen molar-refractivity contribution in [2.24, 2.45) is 5.73 Å². The van der Waals surface area contributed by atoms with Gasteiger partial charge < -0.3 is 30.0 Å². The lowest BCUT2D eigenvalue weighted by Crippen LogP contribution is -2.22. The van der Waals surface area contributed by atoms with Gasteiger partial charge in [0.1, 0.15) is 23.0 Å². The third kappa shape index (κ3) is 6.37. The molecule has 3 N–H and O–H groups in total. The SMILES string of the molecule is COc1cc(OC)c(/C=C/S(=O)(=O)Cc2ccc(OC)c(NC(=O)CN)c2)c(OC)c1. The van der Waals surface area contributed by atoms with Crippen molar-refractivity contribution in [3.8, 4) is 23.0 Å². The van der Waals surface area contributed by atoms with Gasteiger partial charge >= 0.3 is 0 Å². The molecule has 9 nitrogen and oxygen atoms in total. The number of ether oxygens (including phenoxy) is 4. The van der Waals surface area contributed by atoms with Gasteiger partial charge in [0.05, 0.1) is 52.0 Å². The van der Waals surface area contributed by atoms with Crippen LogP contribution in [0.3, 0.4) is 0 Å². The molecule has 0 aliphatic heterocycles. The maximum absolute atomic E-state index is 12.7. The van der Waals surface area contributed by atoms with Gasteiger partial charge in [0.25, 0.3) is 0 Å². The smallest absolute Gasteiger partial charge is 0.238 e. The van der Waals surface area contributed by atoms with E-state index in [0.717, 1.165) is 5.41 Å². The second-order valence-corrected chi connectivity index (χ2v) is 8.23. The summed E-state index contributed by atoms with van der Waals surface area (Å²) >= 11 is 0. The Balaban J connectivity index is 2.33. The van der Waals surface area contributed by atoms with Crippen LogP contribution in [0.1, 0.15) is 11.1 Å². The first-order chi connectivity index (χ1) is 14.8. The fourth-order valence-corrected chi connectivity index (χ4v) is 3.88. The molecule has 0 aromatic heterocycles. The molecule has 0 heterocycles. The number of sulfone groups is 1. The molecule has 0 aliphatic rings. The van der Waals surface area contributed by atoms with Gasteiger partial charge in [-0.25, -0.2) is 8.42 Å². The summed E-state index contributed by atoms with van der Waals surface area (Å²) in [5, 5.41) is 3.67. The number of benzene rings is 2. The summed E-state index contributed by atoms with van der Waals surface area (Å²) < 4.78 is 46.5. The predicted octanol–water partition coefficient (Wildman–Crippen LogP) is 2.20. The second-order valence-electron chi connectivity index (χ2n) is 6.34. The van der Waals surface area contributed by atoms with E-state index in [1.807, 2.05) is 0 Å². The molecule has 0 aliphatic carbocycles. The molecule has 1 amide bonds. The summed E-state index contributed by atoms with van der Waals surface area (Å²) in [6.45, 7) is -0.208. The first-order valence-corrected chi connectivity index (χ1v) is 10.9. The Bertz CT molecular complexity index is 1040. The summed E-state index contributed by atoms with van der Waals surface area (Å²) in [7, 11) is 2.22. The molecule has 0 unspecified atom stereocenters. The topological polar surface area (TPSA) is 126 Å². The van der Waals surface area contributed by atoms with Crippen LogP contribution in [0.25, 0.3) is 6.08 Å². The summed E-state index contributed by atoms with van der Waals surface area (Å²) in [4.78, 5) is 11.6. The Morgan fingerprint density at radius 3 is 2.10 bits per heavy atom. The van der Waals surface area contributed by atoms with Gasteiger partial charge in [0.15, 0.2) is 9.84 Å². The van der Waals surface area contributed by atoms with Crippen LogP contribution in [0.2, 0.25) is 0 Å². The van der Waals surface area contributed by atoms with E-state index < -0.39 is 15.7 Å². The van der Waals surface area contributed by atoms with E-state index in [2.05, 4.69) is 5.32 Å². The fourth-order valence-electron chi connectivity index (χ4n) is 2.79. The van der Waals surface area contributed by atoms with E-state index in [9.17, 15) is 13.2 Å². The minimum atomic E-state index is -3.67. The molecular weight excluding hydrogens is 424 g/mol. The average molecular weight is 451 g/mol. The molecule has 0 atom stereocenters. The Morgan fingerprint density at radius 2 is 1.58 bits per heavy atom. The highest BCUT2D eigenvalue weighted by Crippen LogP contribution is 2.35. The molecule has 168 valence electrons. The van der Waals surface area contributed by atoms with Crippen LogP contribution < -0.4 is 30.0 Å². The van der Waals surface area contributed by atoms with Crippen molar-refractivity contribution >= 4 is 27.5 Å². The van der Waals surface area contributed by atoms with E-state index in [1.165, 1.54) is 40.6 Å². The van der Waals surface area contributed by atoms with Gasteiger partial charge in [-0.05, 0) is 23.8 Å². The van der Waals surface area contributed by atoms with Gasteiger partial charge in [-0.2, -0.15) is 0 Å². The third-order valence-electron chi connectivity index (χ3n) is 4.29. The number of nitrogens with one attached hydrogen (secondary N) is 1. The van der Waals surface area contributed by atoms with Crippen LogP contribution in [0.4, 0.5) is 5.69 Å². The molecular formula is C21H26N2O7S. The number of carbonyl (C=O) groups excluding carboxylic acids is 1. The molecule has 10 heteroatoms. The summed E-state index contributed by atoms with van der Waals surface area (Å²) in [5.41, 5.74) is 6.59. The monoisotopic (exact) mass is 450 g/mol. The van der Waals surface area contributed by atoms with Gasteiger partial charge in [0.2, 0.25) is 5.91 Å². The minimum absolute atomic E-state index is 0.208. The van der Waals surface area contributed by atoms with Crippen LogP contribution in [-0.2, 0) is 20.4 Å². The van der Waals surface area contributed by atoms with E-state index in [0.29, 0.717) is 39.8 Å². The molecule has 0 saturated heterocycles. The largest absolute Gasteiger partial charge is 0.496 e. The molecule has 2 aromatic rings. The average Bonchev–Trinajstić information content (AvgIpc) is 2.76. The number of methoxy groups -OCH3 is 4. The van der Waals surface area contributed by atoms with Crippen molar-refractivity contribution in [3.05, 3.63) is 46.9 Å². The van der Waals surface area contributed by atoms with Crippen molar-refractivity contribution in [1.29, 1.82) is 0 Å². The van der Waals surface area contributed by atoms with Crippen molar-refractivity contribution < 1.29 is 32.2 Å². The number of carbonyl (C=O) groups is 1. The molecule has 0 spiro atoms. The van der Waals surface area contributed by atoms with Crippen molar-refractivity contribution in [2.45, 2.75) is 5.75 Å². The van der Waals surface area contributed by atoms with Crippen LogP contribution in [0, 0.1) is 0 Å². The first kappa shape index (κ1) is 24.0. The predicted molar refractivity (Wildman–Crippen MR) is 118 cm³/mol. The lowest BCUT2D eigenvalue weighted by molar-refractivity contribution is -0.114. The van der Waals surface area contributed by atoms with E-state index >= 15 is 0 Å². The van der Waals surface area contributed by atoms with Gasteiger partial charge in [-0.15, -0.1) is 0 Å². The number of amides is 1. The number of rotatable bonds is 10. The second kappa shape index (κ2) is 10.7. The molecule has 0 fully saturated rings. The first-order valence-electron chi connectivity index (χ1n) is 9.14. The maximum Gasteiger partial charge on any atom is 0.238 e. The molecule has 0 bridgehead atoms. The molecule has 31 heavy (non-hydrogen) atoms. The molecule has 0 radical (unpaired) electrons. The van der Waals surface area contributed by atoms with E-state index in [-0.39, 0.29) is 12.3 Å². The number of hydrogen-bond acceptors (Lipinski definition) is 8. The Labute approximate surface area is 181 Å². The summed E-state index contributed by atoms with van der Waals surface area (Å²) in [5.74, 6) is 1.000. The Hall–Kier alpha value is -3.24. The highest BCUT2D eigenvalue weighted by molar-refractivity contribution is 7.93. The number of nitrogens with two attached hydrogens (primary N) is 1. The zero-order valence-electron chi connectivity index (χ0n) is 17.8. The zero-order chi connectivity index (χ0) is 23.0. The van der Waals surface area contributed by atoms with Crippen LogP contribution in [0.15, 0.2) is 35.7 Å². The lowest BCUT2D eigenvalue weighted by atomic mass is 10.1. The van der Waals surface area contributed by atoms with Crippen LogP contribution >= 0.6 is 0 Å². The normalized spacial score (nSPS) is 11.3. The maximum atomic E-state index is 12.7. The van der Waals surface area contributed by atoms with Gasteiger partial charge in [0, 0.05) is 17.5 Å². The highest BCUT2D eigenvalue weighted by Gasteiger charge is 2.15. The van der Waals surface area contributed by atoms with Crippen molar-refractivity contribution in [1.82, 2.24) is 0 Å².